The van der Waals surface area contributed by atoms with E-state index in [1.165, 1.54) is 11.1 Å². The van der Waals surface area contributed by atoms with Gasteiger partial charge in [0.2, 0.25) is 0 Å². The van der Waals surface area contributed by atoms with Crippen LogP contribution >= 0.6 is 0 Å². The second-order valence-corrected chi connectivity index (χ2v) is 6.32. The molecule has 1 aromatic carbocycles. The number of carbonyl (C=O) groups is 1. The van der Waals surface area contributed by atoms with Crippen LogP contribution in [0.25, 0.3) is 0 Å². The number of H-pyrrole nitrogens is 1. The minimum Gasteiger partial charge on any atom is -0.357 e. The van der Waals surface area contributed by atoms with Crippen molar-refractivity contribution in [1.82, 2.24) is 14.8 Å². The number of hydrogen-bond donors (Lipinski definition) is 1. The van der Waals surface area contributed by atoms with E-state index in [1.54, 1.807) is 0 Å². The Morgan fingerprint density at radius 2 is 2.09 bits per heavy atom. The molecule has 1 atom stereocenters. The smallest absolute Gasteiger partial charge is 0.270 e. The SMILES string of the molecule is Cc1c[nH]c(C(=O)N(C)C[C@H]2Cc3ccccc3CN2C)c1. The molecular weight excluding hydrogens is 274 g/mol. The number of nitrogens with one attached hydrogen (secondary N) is 1. The molecule has 1 aromatic heterocycles. The summed E-state index contributed by atoms with van der Waals surface area (Å²) in [6.07, 6.45) is 2.86. The number of aryl methyl sites for hydroxylation is 1. The van der Waals surface area contributed by atoms with Gasteiger partial charge in [-0.3, -0.25) is 9.69 Å². The van der Waals surface area contributed by atoms with Crippen LogP contribution in [0.5, 0.6) is 0 Å². The molecule has 22 heavy (non-hydrogen) atoms. The lowest BCUT2D eigenvalue weighted by atomic mass is 9.94. The van der Waals surface area contributed by atoms with Crippen LogP contribution in [-0.2, 0) is 13.0 Å². The lowest BCUT2D eigenvalue weighted by molar-refractivity contribution is 0.0728. The molecule has 0 saturated carbocycles. The first-order chi connectivity index (χ1) is 10.5. The number of aromatic amines is 1. The highest BCUT2D eigenvalue weighted by atomic mass is 16.2. The second-order valence-electron chi connectivity index (χ2n) is 6.32. The summed E-state index contributed by atoms with van der Waals surface area (Å²) in [4.78, 5) is 19.7. The van der Waals surface area contributed by atoms with Crippen molar-refractivity contribution in [3.63, 3.8) is 0 Å². The van der Waals surface area contributed by atoms with E-state index in [1.807, 2.05) is 31.1 Å². The summed E-state index contributed by atoms with van der Waals surface area (Å²) in [5.41, 5.74) is 4.55. The predicted molar refractivity (Wildman–Crippen MR) is 87.9 cm³/mol. The molecule has 0 unspecified atom stereocenters. The largest absolute Gasteiger partial charge is 0.357 e. The van der Waals surface area contributed by atoms with Crippen molar-refractivity contribution >= 4 is 5.91 Å². The fraction of sp³-hybridized carbons (Fsp3) is 0.389. The van der Waals surface area contributed by atoms with Gasteiger partial charge in [0.25, 0.3) is 5.91 Å². The number of aromatic nitrogens is 1. The van der Waals surface area contributed by atoms with E-state index in [0.717, 1.165) is 25.1 Å². The Labute approximate surface area is 131 Å². The van der Waals surface area contributed by atoms with Crippen molar-refractivity contribution in [2.75, 3.05) is 20.6 Å². The standard InChI is InChI=1S/C18H23N3O/c1-13-8-17(19-10-13)18(22)21(3)12-16-9-14-6-4-5-7-15(14)11-20(16)2/h4-8,10,16,19H,9,11-12H2,1-3H3/t16-/m1/s1. The van der Waals surface area contributed by atoms with Gasteiger partial charge in [0.15, 0.2) is 0 Å². The molecule has 1 aliphatic rings. The third-order valence-corrected chi connectivity index (χ3v) is 4.51. The van der Waals surface area contributed by atoms with Gasteiger partial charge in [-0.05, 0) is 43.1 Å². The van der Waals surface area contributed by atoms with E-state index in [0.29, 0.717) is 11.7 Å². The van der Waals surface area contributed by atoms with Crippen LogP contribution in [0.2, 0.25) is 0 Å². The van der Waals surface area contributed by atoms with E-state index >= 15 is 0 Å². The summed E-state index contributed by atoms with van der Waals surface area (Å²) in [6, 6.07) is 10.8. The van der Waals surface area contributed by atoms with E-state index < -0.39 is 0 Å². The van der Waals surface area contributed by atoms with Gasteiger partial charge in [-0.25, -0.2) is 0 Å². The zero-order valence-corrected chi connectivity index (χ0v) is 13.5. The molecule has 0 fully saturated rings. The Morgan fingerprint density at radius 1 is 1.36 bits per heavy atom. The number of rotatable bonds is 3. The first-order valence-corrected chi connectivity index (χ1v) is 7.72. The zero-order valence-electron chi connectivity index (χ0n) is 13.5. The van der Waals surface area contributed by atoms with Crippen LogP contribution in [0.3, 0.4) is 0 Å². The number of carbonyl (C=O) groups excluding carboxylic acids is 1. The maximum Gasteiger partial charge on any atom is 0.270 e. The van der Waals surface area contributed by atoms with Crippen LogP contribution in [0.15, 0.2) is 36.5 Å². The molecule has 4 nitrogen and oxygen atoms in total. The van der Waals surface area contributed by atoms with Gasteiger partial charge in [-0.2, -0.15) is 0 Å². The van der Waals surface area contributed by atoms with Gasteiger partial charge in [-0.15, -0.1) is 0 Å². The normalized spacial score (nSPS) is 18.0. The van der Waals surface area contributed by atoms with Crippen LogP contribution in [0.1, 0.15) is 27.2 Å². The summed E-state index contributed by atoms with van der Waals surface area (Å²) in [6.45, 7) is 3.67. The van der Waals surface area contributed by atoms with E-state index in [-0.39, 0.29) is 5.91 Å². The maximum atomic E-state index is 12.5. The zero-order chi connectivity index (χ0) is 15.7. The van der Waals surface area contributed by atoms with Crippen molar-refractivity contribution in [2.45, 2.75) is 25.9 Å². The molecule has 0 radical (unpaired) electrons. The summed E-state index contributed by atoms with van der Waals surface area (Å²) in [7, 11) is 4.02. The Kier molecular flexibility index (Phi) is 4.03. The molecule has 2 aromatic rings. The lowest BCUT2D eigenvalue weighted by Crippen LogP contribution is -2.46. The van der Waals surface area contributed by atoms with Crippen molar-refractivity contribution in [3.05, 3.63) is 58.9 Å². The third-order valence-electron chi connectivity index (χ3n) is 4.51. The molecule has 0 aliphatic carbocycles. The number of benzene rings is 1. The van der Waals surface area contributed by atoms with Crippen molar-refractivity contribution in [1.29, 1.82) is 0 Å². The van der Waals surface area contributed by atoms with Gasteiger partial charge in [-0.1, -0.05) is 24.3 Å². The highest BCUT2D eigenvalue weighted by molar-refractivity contribution is 5.92. The molecule has 2 heterocycles. The van der Waals surface area contributed by atoms with Gasteiger partial charge < -0.3 is 9.88 Å². The molecular formula is C18H23N3O. The molecule has 0 bridgehead atoms. The van der Waals surface area contributed by atoms with E-state index in [4.69, 9.17) is 0 Å². The molecule has 1 amide bonds. The van der Waals surface area contributed by atoms with E-state index in [9.17, 15) is 4.79 Å². The van der Waals surface area contributed by atoms with Crippen molar-refractivity contribution in [3.8, 4) is 0 Å². The number of hydrogen-bond acceptors (Lipinski definition) is 2. The fourth-order valence-corrected chi connectivity index (χ4v) is 3.15. The van der Waals surface area contributed by atoms with E-state index in [2.05, 4.69) is 41.2 Å². The summed E-state index contributed by atoms with van der Waals surface area (Å²) in [5.74, 6) is 0.0559. The Bertz CT molecular complexity index is 676. The fourth-order valence-electron chi connectivity index (χ4n) is 3.15. The van der Waals surface area contributed by atoms with Gasteiger partial charge in [0.1, 0.15) is 5.69 Å². The molecule has 116 valence electrons. The first kappa shape index (κ1) is 14.9. The molecule has 4 heteroatoms. The molecule has 0 spiro atoms. The number of likely N-dealkylation sites (N-methyl/N-ethyl adjacent to an activating group) is 2. The topological polar surface area (TPSA) is 39.3 Å². The Balaban J connectivity index is 1.69. The number of fused-ring (bicyclic) bond motifs is 1. The highest BCUT2D eigenvalue weighted by Gasteiger charge is 2.26. The minimum atomic E-state index is 0.0559. The first-order valence-electron chi connectivity index (χ1n) is 7.72. The van der Waals surface area contributed by atoms with Gasteiger partial charge >= 0.3 is 0 Å². The van der Waals surface area contributed by atoms with Crippen LogP contribution in [0.4, 0.5) is 0 Å². The molecule has 1 N–H and O–H groups in total. The minimum absolute atomic E-state index is 0.0559. The number of amides is 1. The van der Waals surface area contributed by atoms with Crippen molar-refractivity contribution in [2.24, 2.45) is 0 Å². The summed E-state index contributed by atoms with van der Waals surface area (Å²) < 4.78 is 0. The monoisotopic (exact) mass is 297 g/mol. The molecule has 0 saturated heterocycles. The quantitative estimate of drug-likeness (QED) is 0.945. The molecule has 3 rings (SSSR count). The molecule has 1 aliphatic heterocycles. The maximum absolute atomic E-state index is 12.5. The predicted octanol–water partition coefficient (Wildman–Crippen LogP) is 2.45. The summed E-state index contributed by atoms with van der Waals surface area (Å²) in [5, 5.41) is 0. The second kappa shape index (κ2) is 5.97. The van der Waals surface area contributed by atoms with Crippen LogP contribution in [-0.4, -0.2) is 47.4 Å². The Morgan fingerprint density at radius 3 is 2.77 bits per heavy atom. The summed E-state index contributed by atoms with van der Waals surface area (Å²) >= 11 is 0. The van der Waals surface area contributed by atoms with Gasteiger partial charge in [0, 0.05) is 32.4 Å². The average molecular weight is 297 g/mol. The average Bonchev–Trinajstić information content (AvgIpc) is 2.93. The van der Waals surface area contributed by atoms with Crippen molar-refractivity contribution < 1.29 is 4.79 Å². The lowest BCUT2D eigenvalue weighted by Gasteiger charge is -2.36. The highest BCUT2D eigenvalue weighted by Crippen LogP contribution is 2.22. The van der Waals surface area contributed by atoms with Crippen LogP contribution in [0, 0.1) is 6.92 Å². The van der Waals surface area contributed by atoms with Gasteiger partial charge in [0.05, 0.1) is 0 Å². The number of nitrogens with zero attached hydrogens (tertiary/aromatic N) is 2. The van der Waals surface area contributed by atoms with Crippen LogP contribution < -0.4 is 0 Å². The Hall–Kier alpha value is -2.07. The third kappa shape index (κ3) is 2.92.